The van der Waals surface area contributed by atoms with E-state index >= 15 is 0 Å². The van der Waals surface area contributed by atoms with E-state index in [2.05, 4.69) is 11.9 Å². The summed E-state index contributed by atoms with van der Waals surface area (Å²) in [6.07, 6.45) is 4.93. The summed E-state index contributed by atoms with van der Waals surface area (Å²) in [4.78, 5) is 18.6. The minimum Gasteiger partial charge on any atom is -0.375 e. The molecule has 1 saturated carbocycles. The summed E-state index contributed by atoms with van der Waals surface area (Å²) in [7, 11) is 0. The van der Waals surface area contributed by atoms with Gasteiger partial charge in [-0.1, -0.05) is 13.0 Å². The van der Waals surface area contributed by atoms with E-state index in [0.717, 1.165) is 51.3 Å². The van der Waals surface area contributed by atoms with Crippen LogP contribution in [0, 0.1) is 17.8 Å². The Kier molecular flexibility index (Phi) is 4.31. The molecular formula is C19H26N2O3. The molecular weight excluding hydrogens is 304 g/mol. The van der Waals surface area contributed by atoms with E-state index < -0.39 is 0 Å². The molecule has 0 N–H and O–H groups in total. The second-order valence-corrected chi connectivity index (χ2v) is 7.57. The average molecular weight is 330 g/mol. The number of nitrogens with zero attached hydrogens (tertiary/aromatic N) is 2. The topological polar surface area (TPSA) is 51.7 Å². The third kappa shape index (κ3) is 3.07. The number of rotatable bonds is 6. The first-order valence-corrected chi connectivity index (χ1v) is 9.08. The van der Waals surface area contributed by atoms with Gasteiger partial charge < -0.3 is 14.4 Å². The quantitative estimate of drug-likeness (QED) is 0.751. The van der Waals surface area contributed by atoms with Gasteiger partial charge in [-0.3, -0.25) is 9.78 Å². The van der Waals surface area contributed by atoms with E-state index in [1.54, 1.807) is 6.20 Å². The van der Waals surface area contributed by atoms with Crippen LogP contribution >= 0.6 is 0 Å². The number of likely N-dealkylation sites (tertiary alicyclic amines) is 1. The monoisotopic (exact) mass is 330 g/mol. The molecule has 4 rings (SSSR count). The van der Waals surface area contributed by atoms with Crippen molar-refractivity contribution in [1.29, 1.82) is 0 Å². The van der Waals surface area contributed by atoms with Crippen molar-refractivity contribution < 1.29 is 14.3 Å². The Balaban J connectivity index is 1.22. The van der Waals surface area contributed by atoms with E-state index in [1.165, 1.54) is 0 Å². The molecule has 1 amide bonds. The van der Waals surface area contributed by atoms with Crippen LogP contribution < -0.4 is 0 Å². The van der Waals surface area contributed by atoms with Crippen molar-refractivity contribution in [3.63, 3.8) is 0 Å². The van der Waals surface area contributed by atoms with Crippen molar-refractivity contribution in [2.45, 2.75) is 38.4 Å². The van der Waals surface area contributed by atoms with Gasteiger partial charge in [-0.15, -0.1) is 0 Å². The standard InChI is InChI=1S/C19H26N2O3/c1-14-10-17(14)18(22)21-12-19(13-21)15(6-9-24-19)5-8-23-11-16-4-2-3-7-20-16/h2-4,7,14-15,17H,5-6,8-13H2,1H3/t14-,15-,17-/m1/s1. The molecule has 0 radical (unpaired) electrons. The summed E-state index contributed by atoms with van der Waals surface area (Å²) in [5.41, 5.74) is 0.871. The second-order valence-electron chi connectivity index (χ2n) is 7.57. The molecule has 0 bridgehead atoms. The van der Waals surface area contributed by atoms with Gasteiger partial charge >= 0.3 is 0 Å². The normalized spacial score (nSPS) is 30.4. The Labute approximate surface area is 143 Å². The molecule has 3 heterocycles. The Bertz CT molecular complexity index is 586. The highest BCUT2D eigenvalue weighted by Crippen LogP contribution is 2.45. The maximum Gasteiger partial charge on any atom is 0.226 e. The van der Waals surface area contributed by atoms with Gasteiger partial charge in [-0.2, -0.15) is 0 Å². The number of amides is 1. The third-order valence-electron chi connectivity index (χ3n) is 5.84. The van der Waals surface area contributed by atoms with E-state index in [9.17, 15) is 4.79 Å². The molecule has 0 aromatic carbocycles. The number of aromatic nitrogens is 1. The van der Waals surface area contributed by atoms with Crippen molar-refractivity contribution in [2.75, 3.05) is 26.3 Å². The Hall–Kier alpha value is -1.46. The first-order chi connectivity index (χ1) is 11.7. The molecule has 1 aliphatic carbocycles. The highest BCUT2D eigenvalue weighted by molar-refractivity contribution is 5.82. The summed E-state index contributed by atoms with van der Waals surface area (Å²) >= 11 is 0. The van der Waals surface area contributed by atoms with Gasteiger partial charge in [0.1, 0.15) is 5.60 Å². The Morgan fingerprint density at radius 2 is 2.29 bits per heavy atom. The van der Waals surface area contributed by atoms with Gasteiger partial charge in [-0.05, 0) is 43.2 Å². The highest BCUT2D eigenvalue weighted by Gasteiger charge is 2.56. The molecule has 1 aromatic heterocycles. The van der Waals surface area contributed by atoms with Crippen LogP contribution in [-0.4, -0.2) is 47.7 Å². The number of hydrogen-bond donors (Lipinski definition) is 0. The summed E-state index contributed by atoms with van der Waals surface area (Å²) in [6.45, 7) is 5.81. The lowest BCUT2D eigenvalue weighted by Crippen LogP contribution is -2.66. The minimum absolute atomic E-state index is 0.0951. The lowest BCUT2D eigenvalue weighted by molar-refractivity contribution is -0.167. The smallest absolute Gasteiger partial charge is 0.226 e. The summed E-state index contributed by atoms with van der Waals surface area (Å²) in [5, 5.41) is 0. The zero-order valence-corrected chi connectivity index (χ0v) is 14.3. The maximum atomic E-state index is 12.3. The molecule has 1 aromatic rings. The molecule has 3 atom stereocenters. The maximum absolute atomic E-state index is 12.3. The van der Waals surface area contributed by atoms with Crippen molar-refractivity contribution in [1.82, 2.24) is 9.88 Å². The molecule has 130 valence electrons. The number of carbonyl (C=O) groups excluding carboxylic acids is 1. The van der Waals surface area contributed by atoms with Crippen LogP contribution in [0.2, 0.25) is 0 Å². The van der Waals surface area contributed by atoms with Gasteiger partial charge in [0.15, 0.2) is 0 Å². The zero-order chi connectivity index (χ0) is 16.6. The summed E-state index contributed by atoms with van der Waals surface area (Å²) in [5.74, 6) is 1.70. The molecule has 1 spiro atoms. The van der Waals surface area contributed by atoms with Crippen molar-refractivity contribution in [3.05, 3.63) is 30.1 Å². The van der Waals surface area contributed by atoms with Gasteiger partial charge in [-0.25, -0.2) is 0 Å². The van der Waals surface area contributed by atoms with E-state index in [4.69, 9.17) is 9.47 Å². The van der Waals surface area contributed by atoms with Gasteiger partial charge in [0.05, 0.1) is 25.4 Å². The predicted octanol–water partition coefficient (Wildman–Crippen LogP) is 2.26. The lowest BCUT2D eigenvalue weighted by Gasteiger charge is -2.50. The SMILES string of the molecule is C[C@@H]1C[C@H]1C(=O)N1CC2(C1)OCC[C@H]2CCOCc1ccccn1. The Morgan fingerprint density at radius 1 is 1.46 bits per heavy atom. The minimum atomic E-state index is -0.0951. The van der Waals surface area contributed by atoms with Gasteiger partial charge in [0.25, 0.3) is 0 Å². The first-order valence-electron chi connectivity index (χ1n) is 9.08. The molecule has 24 heavy (non-hydrogen) atoms. The van der Waals surface area contributed by atoms with Crippen LogP contribution in [0.4, 0.5) is 0 Å². The van der Waals surface area contributed by atoms with Crippen molar-refractivity contribution in [3.8, 4) is 0 Å². The molecule has 0 unspecified atom stereocenters. The van der Waals surface area contributed by atoms with Crippen molar-refractivity contribution in [2.24, 2.45) is 17.8 Å². The van der Waals surface area contributed by atoms with E-state index in [1.807, 2.05) is 23.1 Å². The van der Waals surface area contributed by atoms with Crippen LogP contribution in [0.1, 0.15) is 31.9 Å². The second kappa shape index (κ2) is 6.45. The molecule has 3 fully saturated rings. The number of hydrogen-bond acceptors (Lipinski definition) is 4. The lowest BCUT2D eigenvalue weighted by atomic mass is 9.79. The largest absolute Gasteiger partial charge is 0.375 e. The number of ether oxygens (including phenoxy) is 2. The molecule has 5 heteroatoms. The van der Waals surface area contributed by atoms with Gasteiger partial charge in [0, 0.05) is 25.3 Å². The third-order valence-corrected chi connectivity index (χ3v) is 5.84. The zero-order valence-electron chi connectivity index (χ0n) is 14.3. The Morgan fingerprint density at radius 3 is 3.00 bits per heavy atom. The molecule has 2 aliphatic heterocycles. The van der Waals surface area contributed by atoms with Crippen LogP contribution in [0.5, 0.6) is 0 Å². The van der Waals surface area contributed by atoms with Gasteiger partial charge in [0.2, 0.25) is 5.91 Å². The highest BCUT2D eigenvalue weighted by atomic mass is 16.5. The molecule has 3 aliphatic rings. The van der Waals surface area contributed by atoms with E-state index in [0.29, 0.717) is 24.3 Å². The fourth-order valence-corrected chi connectivity index (χ4v) is 4.08. The predicted molar refractivity (Wildman–Crippen MR) is 89.2 cm³/mol. The number of pyridine rings is 1. The fourth-order valence-electron chi connectivity index (χ4n) is 4.08. The molecule has 2 saturated heterocycles. The van der Waals surface area contributed by atoms with Crippen molar-refractivity contribution >= 4 is 5.91 Å². The van der Waals surface area contributed by atoms with Crippen LogP contribution in [0.3, 0.4) is 0 Å². The van der Waals surface area contributed by atoms with E-state index in [-0.39, 0.29) is 11.5 Å². The van der Waals surface area contributed by atoms with Crippen LogP contribution in [0.15, 0.2) is 24.4 Å². The molecule has 5 nitrogen and oxygen atoms in total. The van der Waals surface area contributed by atoms with Crippen LogP contribution in [-0.2, 0) is 20.9 Å². The average Bonchev–Trinajstić information content (AvgIpc) is 3.14. The summed E-state index contributed by atoms with van der Waals surface area (Å²) in [6, 6.07) is 5.87. The number of carbonyl (C=O) groups is 1. The first kappa shape index (κ1) is 16.0. The van der Waals surface area contributed by atoms with Crippen LogP contribution in [0.25, 0.3) is 0 Å². The fraction of sp³-hybridized carbons (Fsp3) is 0.684. The summed E-state index contributed by atoms with van der Waals surface area (Å²) < 4.78 is 11.8.